The molecule has 0 atom stereocenters. The summed E-state index contributed by atoms with van der Waals surface area (Å²) in [5, 5.41) is 8.81. The second kappa shape index (κ2) is 14.8. The quantitative estimate of drug-likeness (QED) is 0.268. The zero-order valence-corrected chi connectivity index (χ0v) is 21.0. The summed E-state index contributed by atoms with van der Waals surface area (Å²) in [4.78, 5) is 0. The summed E-state index contributed by atoms with van der Waals surface area (Å²) in [7, 11) is 0. The molecule has 1 aromatic carbocycles. The van der Waals surface area contributed by atoms with Crippen LogP contribution in [0.2, 0.25) is 0 Å². The number of benzene rings is 1. The van der Waals surface area contributed by atoms with Gasteiger partial charge in [-0.3, -0.25) is 0 Å². The number of unbranched alkanes of at least 4 members (excludes halogenated alkanes) is 7. The molecule has 5 heteroatoms. The number of halogens is 2. The first-order valence-electron chi connectivity index (χ1n) is 13.7. The lowest BCUT2D eigenvalue weighted by Crippen LogP contribution is -2.28. The average molecular weight is 476 g/mol. The van der Waals surface area contributed by atoms with Crippen LogP contribution in [-0.2, 0) is 9.47 Å². The van der Waals surface area contributed by atoms with Gasteiger partial charge in [0, 0.05) is 11.5 Å². The lowest BCUT2D eigenvalue weighted by Gasteiger charge is -2.32. The second-order valence-corrected chi connectivity index (χ2v) is 10.6. The summed E-state index contributed by atoms with van der Waals surface area (Å²) in [5.74, 6) is 0.343. The van der Waals surface area contributed by atoms with Crippen LogP contribution in [0.25, 0.3) is 0 Å². The molecule has 0 bridgehead atoms. The van der Waals surface area contributed by atoms with Crippen molar-refractivity contribution in [2.45, 2.75) is 110 Å². The molecule has 1 saturated carbocycles. The molecule has 0 N–H and O–H groups in total. The molecular weight excluding hydrogens is 432 g/mol. The predicted octanol–water partition coefficient (Wildman–Crippen LogP) is 8.62. The maximum atomic E-state index is 13.9. The molecule has 0 amide bonds. The van der Waals surface area contributed by atoms with Gasteiger partial charge in [-0.05, 0) is 30.4 Å². The molecule has 34 heavy (non-hydrogen) atoms. The van der Waals surface area contributed by atoms with Crippen LogP contribution < -0.4 is 0 Å². The first-order chi connectivity index (χ1) is 16.6. The van der Waals surface area contributed by atoms with Crippen molar-refractivity contribution >= 4 is 0 Å². The van der Waals surface area contributed by atoms with Crippen LogP contribution in [0, 0.1) is 40.7 Å². The number of rotatable bonds is 13. The molecule has 1 aliphatic heterocycles. The fourth-order valence-electron chi connectivity index (χ4n) is 5.59. The van der Waals surface area contributed by atoms with E-state index in [0.29, 0.717) is 24.7 Å². The minimum absolute atomic E-state index is 0.294. The topological polar surface area (TPSA) is 42.2 Å². The molecule has 0 aromatic heterocycles. The molecule has 0 unspecified atom stereocenters. The first-order valence-corrected chi connectivity index (χ1v) is 13.7. The van der Waals surface area contributed by atoms with Crippen molar-refractivity contribution in [3.05, 3.63) is 34.9 Å². The molecule has 3 rings (SSSR count). The Morgan fingerprint density at radius 2 is 1.26 bits per heavy atom. The van der Waals surface area contributed by atoms with Gasteiger partial charge in [-0.15, -0.1) is 0 Å². The molecule has 2 aliphatic rings. The van der Waals surface area contributed by atoms with Gasteiger partial charge >= 0.3 is 0 Å². The van der Waals surface area contributed by atoms with E-state index in [4.69, 9.17) is 14.7 Å². The van der Waals surface area contributed by atoms with Crippen LogP contribution >= 0.6 is 0 Å². The fourth-order valence-corrected chi connectivity index (χ4v) is 5.59. The molecule has 1 aliphatic carbocycles. The Kier molecular flexibility index (Phi) is 11.8. The van der Waals surface area contributed by atoms with E-state index in [1.54, 1.807) is 6.07 Å². The Bertz CT molecular complexity index is 739. The zero-order valence-electron chi connectivity index (χ0n) is 21.0. The Morgan fingerprint density at radius 1 is 0.765 bits per heavy atom. The Hall–Kier alpha value is -1.51. The van der Waals surface area contributed by atoms with E-state index in [2.05, 4.69) is 6.92 Å². The molecule has 2 fully saturated rings. The van der Waals surface area contributed by atoms with Crippen molar-refractivity contribution in [2.24, 2.45) is 17.8 Å². The summed E-state index contributed by atoms with van der Waals surface area (Å²) < 4.78 is 39.3. The number of nitrogens with zero attached hydrogens (tertiary/aromatic N) is 1. The van der Waals surface area contributed by atoms with E-state index in [-0.39, 0.29) is 0 Å². The van der Waals surface area contributed by atoms with Gasteiger partial charge in [0.2, 0.25) is 0 Å². The van der Waals surface area contributed by atoms with Crippen LogP contribution in [0.3, 0.4) is 0 Å². The molecule has 1 heterocycles. The van der Waals surface area contributed by atoms with Gasteiger partial charge in [-0.1, -0.05) is 96.8 Å². The smallest absolute Gasteiger partial charge is 0.184 e. The molecule has 1 aromatic rings. The van der Waals surface area contributed by atoms with E-state index in [0.717, 1.165) is 30.4 Å². The molecule has 0 radical (unpaired) electrons. The molecular formula is C29H43F2NO2. The van der Waals surface area contributed by atoms with Gasteiger partial charge in [0.15, 0.2) is 6.29 Å². The molecule has 1 saturated heterocycles. The van der Waals surface area contributed by atoms with Gasteiger partial charge in [-0.25, -0.2) is 8.78 Å². The molecule has 0 spiro atoms. The highest BCUT2D eigenvalue weighted by Gasteiger charge is 2.27. The standard InChI is InChI=1S/C29H43F2NO2/c1-2-3-4-5-6-7-8-9-10-22-11-13-23(14-12-22)15-16-24-20-33-29(34-21-24)25-17-27(30)26(19-32)28(31)18-25/h17-18,22-24,29H,2-16,20-21H2,1H3. The van der Waals surface area contributed by atoms with Gasteiger partial charge in [0.1, 0.15) is 23.3 Å². The summed E-state index contributed by atoms with van der Waals surface area (Å²) in [6, 6.07) is 3.82. The van der Waals surface area contributed by atoms with E-state index in [1.807, 2.05) is 0 Å². The number of hydrogen-bond acceptors (Lipinski definition) is 3. The first kappa shape index (κ1) is 27.1. The predicted molar refractivity (Wildman–Crippen MR) is 131 cm³/mol. The molecule has 3 nitrogen and oxygen atoms in total. The van der Waals surface area contributed by atoms with Crippen LogP contribution in [-0.4, -0.2) is 13.2 Å². The van der Waals surface area contributed by atoms with E-state index in [1.165, 1.54) is 89.9 Å². The minimum Gasteiger partial charge on any atom is -0.348 e. The average Bonchev–Trinajstić information content (AvgIpc) is 2.85. The van der Waals surface area contributed by atoms with Gasteiger partial charge in [-0.2, -0.15) is 5.26 Å². The second-order valence-electron chi connectivity index (χ2n) is 10.6. The highest BCUT2D eigenvalue weighted by atomic mass is 19.1. The largest absolute Gasteiger partial charge is 0.348 e. The van der Waals surface area contributed by atoms with Gasteiger partial charge in [0.05, 0.1) is 13.2 Å². The number of hydrogen-bond donors (Lipinski definition) is 0. The van der Waals surface area contributed by atoms with Crippen LogP contribution in [0.1, 0.15) is 121 Å². The van der Waals surface area contributed by atoms with Crippen molar-refractivity contribution in [3.8, 4) is 6.07 Å². The Morgan fingerprint density at radius 3 is 1.82 bits per heavy atom. The zero-order chi connectivity index (χ0) is 24.2. The van der Waals surface area contributed by atoms with Crippen LogP contribution in [0.5, 0.6) is 0 Å². The van der Waals surface area contributed by atoms with E-state index >= 15 is 0 Å². The van der Waals surface area contributed by atoms with Gasteiger partial charge < -0.3 is 9.47 Å². The van der Waals surface area contributed by atoms with Crippen molar-refractivity contribution in [1.29, 1.82) is 5.26 Å². The summed E-state index contributed by atoms with van der Waals surface area (Å²) in [6.45, 7) is 3.36. The highest BCUT2D eigenvalue weighted by Crippen LogP contribution is 2.36. The van der Waals surface area contributed by atoms with Crippen molar-refractivity contribution < 1.29 is 18.3 Å². The van der Waals surface area contributed by atoms with Crippen molar-refractivity contribution in [2.75, 3.05) is 13.2 Å². The monoisotopic (exact) mass is 475 g/mol. The summed E-state index contributed by atoms with van der Waals surface area (Å²) >= 11 is 0. The lowest BCUT2D eigenvalue weighted by molar-refractivity contribution is -0.206. The third kappa shape index (κ3) is 8.61. The third-order valence-corrected chi connectivity index (χ3v) is 7.83. The number of nitriles is 1. The van der Waals surface area contributed by atoms with Crippen LogP contribution in [0.15, 0.2) is 12.1 Å². The van der Waals surface area contributed by atoms with Crippen molar-refractivity contribution in [3.63, 3.8) is 0 Å². The van der Waals surface area contributed by atoms with Crippen molar-refractivity contribution in [1.82, 2.24) is 0 Å². The SMILES string of the molecule is CCCCCCCCCCC1CCC(CCC2COC(c3cc(F)c(C#N)c(F)c3)OC2)CC1. The summed E-state index contributed by atoms with van der Waals surface area (Å²) in [6.07, 6.45) is 19.6. The normalized spacial score (nSPS) is 25.2. The highest BCUT2D eigenvalue weighted by molar-refractivity contribution is 5.35. The third-order valence-electron chi connectivity index (χ3n) is 7.83. The fraction of sp³-hybridized carbons (Fsp3) is 0.759. The number of ether oxygens (including phenoxy) is 2. The Balaban J connectivity index is 1.25. The van der Waals surface area contributed by atoms with E-state index < -0.39 is 23.5 Å². The summed E-state index contributed by atoms with van der Waals surface area (Å²) in [5.41, 5.74) is -0.271. The van der Waals surface area contributed by atoms with Gasteiger partial charge in [0.25, 0.3) is 0 Å². The Labute approximate surface area is 205 Å². The van der Waals surface area contributed by atoms with E-state index in [9.17, 15) is 8.78 Å². The van der Waals surface area contributed by atoms with Crippen LogP contribution in [0.4, 0.5) is 8.78 Å². The minimum atomic E-state index is -0.871. The molecule has 190 valence electrons. The maximum Gasteiger partial charge on any atom is 0.184 e. The lowest BCUT2D eigenvalue weighted by atomic mass is 9.77. The maximum absolute atomic E-state index is 13.9.